The number of rotatable bonds is 12. The molecule has 0 bridgehead atoms. The number of methoxy groups -OCH3 is 1. The van der Waals surface area contributed by atoms with Crippen molar-refractivity contribution in [1.82, 2.24) is 4.31 Å². The maximum absolute atomic E-state index is 13.4. The number of nitrogens with one attached hydrogen (secondary N) is 1. The summed E-state index contributed by atoms with van der Waals surface area (Å²) in [6.07, 6.45) is 1.91. The minimum atomic E-state index is -3.98. The molecule has 0 aliphatic rings. The Morgan fingerprint density at radius 3 is 2.39 bits per heavy atom. The van der Waals surface area contributed by atoms with Gasteiger partial charge in [-0.05, 0) is 54.5 Å². The number of ether oxygens (including phenoxy) is 1. The summed E-state index contributed by atoms with van der Waals surface area (Å²) in [7, 11) is -2.36. The van der Waals surface area contributed by atoms with Gasteiger partial charge in [-0.3, -0.25) is 5.41 Å². The van der Waals surface area contributed by atoms with E-state index in [1.54, 1.807) is 7.11 Å². The van der Waals surface area contributed by atoms with Gasteiger partial charge in [0.2, 0.25) is 10.0 Å². The fraction of sp³-hybridized carbons (Fsp3) is 0.435. The number of nitrogens with two attached hydrogens (primary N) is 1. The number of benzene rings is 2. The lowest BCUT2D eigenvalue weighted by molar-refractivity contribution is 0.190. The van der Waals surface area contributed by atoms with Gasteiger partial charge in [0.25, 0.3) is 0 Å². The number of phenols is 1. The van der Waals surface area contributed by atoms with Crippen LogP contribution in [-0.4, -0.2) is 50.5 Å². The fourth-order valence-corrected chi connectivity index (χ4v) is 4.82. The number of hydrogen-bond acceptors (Lipinski definition) is 5. The molecule has 0 aliphatic heterocycles. The van der Waals surface area contributed by atoms with E-state index in [0.29, 0.717) is 31.9 Å². The van der Waals surface area contributed by atoms with Crippen LogP contribution in [0, 0.1) is 5.41 Å². The Balaban J connectivity index is 2.27. The van der Waals surface area contributed by atoms with Gasteiger partial charge in [-0.1, -0.05) is 38.1 Å². The third kappa shape index (κ3) is 6.78. The van der Waals surface area contributed by atoms with E-state index in [1.807, 2.05) is 12.1 Å². The number of nitrogen functional groups attached to an aromatic ring is 1. The minimum absolute atomic E-state index is 0.234. The van der Waals surface area contributed by atoms with Crippen molar-refractivity contribution in [2.75, 3.05) is 26.8 Å². The molecule has 0 saturated heterocycles. The minimum Gasteiger partial charge on any atom is -0.507 e. The number of hydrogen-bond donors (Lipinski definition) is 3. The number of amidine groups is 1. The molecule has 8 heteroatoms. The van der Waals surface area contributed by atoms with Crippen molar-refractivity contribution in [2.24, 2.45) is 5.73 Å². The molecular weight excluding hydrogens is 414 g/mol. The van der Waals surface area contributed by atoms with Gasteiger partial charge in [-0.25, -0.2) is 8.42 Å². The van der Waals surface area contributed by atoms with Gasteiger partial charge in [0, 0.05) is 32.4 Å². The standard InChI is InChI=1S/C23H33N3O4S/c1-17(2)19-8-6-18(7-9-19)12-14-26(13-4-5-15-30-3)31(28,29)22-16-20(23(24)25)10-11-21(22)27/h6-11,16-17,27H,4-5,12-15H2,1-3H3,(H3,24,25). The Morgan fingerprint density at radius 2 is 1.81 bits per heavy atom. The van der Waals surface area contributed by atoms with Crippen molar-refractivity contribution >= 4 is 15.9 Å². The normalized spacial score (nSPS) is 11.9. The van der Waals surface area contributed by atoms with E-state index in [9.17, 15) is 13.5 Å². The van der Waals surface area contributed by atoms with Gasteiger partial charge in [0.15, 0.2) is 0 Å². The van der Waals surface area contributed by atoms with E-state index in [0.717, 1.165) is 12.0 Å². The highest BCUT2D eigenvalue weighted by molar-refractivity contribution is 7.89. The molecule has 0 spiro atoms. The third-order valence-corrected chi connectivity index (χ3v) is 7.12. The SMILES string of the molecule is COCCCCN(CCc1ccc(C(C)C)cc1)S(=O)(=O)c1cc(C(=N)N)ccc1O. The summed E-state index contributed by atoms with van der Waals surface area (Å²) in [4.78, 5) is -0.234. The Kier molecular flexibility index (Phi) is 9.03. The summed E-state index contributed by atoms with van der Waals surface area (Å²) in [5, 5.41) is 17.8. The number of nitrogens with zero attached hydrogens (tertiary/aromatic N) is 1. The summed E-state index contributed by atoms with van der Waals surface area (Å²) in [5.41, 5.74) is 8.04. The van der Waals surface area contributed by atoms with Gasteiger partial charge in [-0.15, -0.1) is 0 Å². The molecule has 0 heterocycles. The molecule has 7 nitrogen and oxygen atoms in total. The molecule has 0 aromatic heterocycles. The molecule has 2 rings (SSSR count). The Bertz CT molecular complexity index is 973. The van der Waals surface area contributed by atoms with Gasteiger partial charge in [0.1, 0.15) is 16.5 Å². The molecule has 0 saturated carbocycles. The molecule has 0 aliphatic carbocycles. The van der Waals surface area contributed by atoms with Gasteiger partial charge in [0.05, 0.1) is 0 Å². The number of phenolic OH excluding ortho intramolecular Hbond substituents is 1. The summed E-state index contributed by atoms with van der Waals surface area (Å²) in [6, 6.07) is 12.1. The van der Waals surface area contributed by atoms with Crippen LogP contribution in [-0.2, 0) is 21.2 Å². The zero-order chi connectivity index (χ0) is 23.0. The quantitative estimate of drug-likeness (QED) is 0.262. The van der Waals surface area contributed by atoms with E-state index in [2.05, 4.69) is 26.0 Å². The highest BCUT2D eigenvalue weighted by Gasteiger charge is 2.27. The Labute approximate surface area is 185 Å². The topological polar surface area (TPSA) is 117 Å². The fourth-order valence-electron chi connectivity index (χ4n) is 3.24. The molecule has 2 aromatic carbocycles. The van der Waals surface area contributed by atoms with Crippen molar-refractivity contribution in [2.45, 2.75) is 43.9 Å². The highest BCUT2D eigenvalue weighted by atomic mass is 32.2. The second kappa shape index (κ2) is 11.3. The summed E-state index contributed by atoms with van der Waals surface area (Å²) in [6.45, 7) is 5.39. The lowest BCUT2D eigenvalue weighted by Crippen LogP contribution is -2.34. The second-order valence-electron chi connectivity index (χ2n) is 7.85. The van der Waals surface area contributed by atoms with Crippen molar-refractivity contribution in [3.8, 4) is 5.75 Å². The summed E-state index contributed by atoms with van der Waals surface area (Å²) < 4.78 is 33.2. The molecule has 0 atom stereocenters. The van der Waals surface area contributed by atoms with Crippen LogP contribution in [0.4, 0.5) is 0 Å². The van der Waals surface area contributed by atoms with Gasteiger partial charge < -0.3 is 15.6 Å². The predicted octanol–water partition coefficient (Wildman–Crippen LogP) is 3.46. The monoisotopic (exact) mass is 447 g/mol. The van der Waals surface area contributed by atoms with Crippen LogP contribution in [0.5, 0.6) is 5.75 Å². The number of unbranched alkanes of at least 4 members (excludes halogenated alkanes) is 1. The maximum Gasteiger partial charge on any atom is 0.246 e. The smallest absolute Gasteiger partial charge is 0.246 e. The van der Waals surface area contributed by atoms with Crippen LogP contribution in [0.2, 0.25) is 0 Å². The van der Waals surface area contributed by atoms with E-state index < -0.39 is 10.0 Å². The maximum atomic E-state index is 13.4. The van der Waals surface area contributed by atoms with Crippen LogP contribution in [0.3, 0.4) is 0 Å². The second-order valence-corrected chi connectivity index (χ2v) is 9.75. The summed E-state index contributed by atoms with van der Waals surface area (Å²) >= 11 is 0. The molecular formula is C23H33N3O4S. The molecule has 170 valence electrons. The van der Waals surface area contributed by atoms with Crippen molar-refractivity contribution in [1.29, 1.82) is 5.41 Å². The molecule has 0 unspecified atom stereocenters. The predicted molar refractivity (Wildman–Crippen MR) is 123 cm³/mol. The van der Waals surface area contributed by atoms with Crippen molar-refractivity contribution in [3.05, 3.63) is 59.2 Å². The highest BCUT2D eigenvalue weighted by Crippen LogP contribution is 2.27. The van der Waals surface area contributed by atoms with Crippen LogP contribution < -0.4 is 5.73 Å². The van der Waals surface area contributed by atoms with Crippen molar-refractivity contribution < 1.29 is 18.3 Å². The first-order valence-electron chi connectivity index (χ1n) is 10.4. The average Bonchev–Trinajstić information content (AvgIpc) is 2.73. The van der Waals surface area contributed by atoms with Gasteiger partial charge in [-0.2, -0.15) is 4.31 Å². The van der Waals surface area contributed by atoms with E-state index in [1.165, 1.54) is 28.1 Å². The van der Waals surface area contributed by atoms with Gasteiger partial charge >= 0.3 is 0 Å². The first-order valence-corrected chi connectivity index (χ1v) is 11.9. The van der Waals surface area contributed by atoms with Crippen LogP contribution in [0.15, 0.2) is 47.4 Å². The van der Waals surface area contributed by atoms with Crippen LogP contribution >= 0.6 is 0 Å². The van der Waals surface area contributed by atoms with Crippen LogP contribution in [0.25, 0.3) is 0 Å². The molecule has 2 aromatic rings. The van der Waals surface area contributed by atoms with E-state index in [-0.39, 0.29) is 28.6 Å². The zero-order valence-corrected chi connectivity index (χ0v) is 19.3. The first-order chi connectivity index (χ1) is 14.7. The number of aromatic hydroxyl groups is 1. The Morgan fingerprint density at radius 1 is 1.13 bits per heavy atom. The molecule has 0 fully saturated rings. The van der Waals surface area contributed by atoms with E-state index >= 15 is 0 Å². The first kappa shape index (κ1) is 24.8. The summed E-state index contributed by atoms with van der Waals surface area (Å²) in [5.74, 6) is -0.176. The Hall–Kier alpha value is -2.42. The average molecular weight is 448 g/mol. The van der Waals surface area contributed by atoms with Crippen molar-refractivity contribution in [3.63, 3.8) is 0 Å². The molecule has 0 amide bonds. The lowest BCUT2D eigenvalue weighted by atomic mass is 10.0. The largest absolute Gasteiger partial charge is 0.507 e. The molecule has 4 N–H and O–H groups in total. The zero-order valence-electron chi connectivity index (χ0n) is 18.5. The lowest BCUT2D eigenvalue weighted by Gasteiger charge is -2.23. The van der Waals surface area contributed by atoms with E-state index in [4.69, 9.17) is 15.9 Å². The molecule has 0 radical (unpaired) electrons. The molecule has 31 heavy (non-hydrogen) atoms. The van der Waals surface area contributed by atoms with Crippen LogP contribution in [0.1, 0.15) is 49.3 Å². The number of sulfonamides is 1. The third-order valence-electron chi connectivity index (χ3n) is 5.19.